The van der Waals surface area contributed by atoms with Crippen LogP contribution in [-0.2, 0) is 0 Å². The van der Waals surface area contributed by atoms with Gasteiger partial charge >= 0.3 is 0 Å². The van der Waals surface area contributed by atoms with Crippen molar-refractivity contribution in [1.82, 2.24) is 0 Å². The van der Waals surface area contributed by atoms with Crippen LogP contribution in [-0.4, -0.2) is 0 Å². The van der Waals surface area contributed by atoms with E-state index in [0.717, 1.165) is 17.8 Å². The van der Waals surface area contributed by atoms with Gasteiger partial charge in [-0.2, -0.15) is 0 Å². The predicted molar refractivity (Wildman–Crippen MR) is 57.5 cm³/mol. The van der Waals surface area contributed by atoms with E-state index < -0.39 is 0 Å². The first-order valence-electron chi connectivity index (χ1n) is 5.69. The second kappa shape index (κ2) is 4.13. The first kappa shape index (κ1) is 9.05. The van der Waals surface area contributed by atoms with Crippen molar-refractivity contribution in [2.45, 2.75) is 38.5 Å². The highest BCUT2D eigenvalue weighted by Crippen LogP contribution is 2.45. The van der Waals surface area contributed by atoms with E-state index in [4.69, 9.17) is 0 Å². The van der Waals surface area contributed by atoms with Crippen LogP contribution < -0.4 is 0 Å². The summed E-state index contributed by atoms with van der Waals surface area (Å²) in [4.78, 5) is 0. The number of fused-ring (bicyclic) bond motifs is 2. The molecule has 0 spiro atoms. The third-order valence-corrected chi connectivity index (χ3v) is 3.65. The lowest BCUT2D eigenvalue weighted by Crippen LogP contribution is -2.06. The molecule has 0 N–H and O–H groups in total. The maximum atomic E-state index is 3.76. The van der Waals surface area contributed by atoms with E-state index in [1.54, 1.807) is 0 Å². The Morgan fingerprint density at radius 2 is 2.15 bits per heavy atom. The van der Waals surface area contributed by atoms with Gasteiger partial charge in [0.2, 0.25) is 0 Å². The van der Waals surface area contributed by atoms with Crippen LogP contribution in [0.25, 0.3) is 0 Å². The quantitative estimate of drug-likeness (QED) is 0.439. The maximum Gasteiger partial charge on any atom is -0.0199 e. The third kappa shape index (κ3) is 2.04. The van der Waals surface area contributed by atoms with E-state index in [-0.39, 0.29) is 0 Å². The molecule has 2 rings (SSSR count). The molecule has 0 nitrogen and oxygen atoms in total. The van der Waals surface area contributed by atoms with Gasteiger partial charge < -0.3 is 0 Å². The Kier molecular flexibility index (Phi) is 2.87. The second-order valence-corrected chi connectivity index (χ2v) is 4.61. The Bertz CT molecular complexity index is 202. The van der Waals surface area contributed by atoms with Gasteiger partial charge in [0.15, 0.2) is 0 Å². The monoisotopic (exact) mass is 176 g/mol. The number of unbranched alkanes of at least 4 members (excludes halogenated alkanes) is 2. The van der Waals surface area contributed by atoms with Crippen molar-refractivity contribution < 1.29 is 0 Å². The zero-order valence-electron chi connectivity index (χ0n) is 8.41. The molecule has 0 aromatic heterocycles. The first-order chi connectivity index (χ1) is 6.40. The van der Waals surface area contributed by atoms with E-state index >= 15 is 0 Å². The van der Waals surface area contributed by atoms with Gasteiger partial charge in [0.25, 0.3) is 0 Å². The topological polar surface area (TPSA) is 0 Å². The summed E-state index contributed by atoms with van der Waals surface area (Å²) in [5.74, 6) is 2.93. The Labute approximate surface area is 81.7 Å². The van der Waals surface area contributed by atoms with Crippen molar-refractivity contribution in [3.8, 4) is 0 Å². The van der Waals surface area contributed by atoms with Gasteiger partial charge in [-0.1, -0.05) is 24.6 Å². The summed E-state index contributed by atoms with van der Waals surface area (Å²) in [5, 5.41) is 0. The molecule has 2 aliphatic carbocycles. The van der Waals surface area contributed by atoms with Gasteiger partial charge in [-0.3, -0.25) is 0 Å². The Hall–Kier alpha value is -0.520. The van der Waals surface area contributed by atoms with Gasteiger partial charge in [-0.25, -0.2) is 0 Å². The summed E-state index contributed by atoms with van der Waals surface area (Å²) in [6.45, 7) is 3.76. The fourth-order valence-electron chi connectivity index (χ4n) is 2.92. The molecular formula is C13H20. The molecule has 1 fully saturated rings. The molecule has 2 bridgehead atoms. The van der Waals surface area contributed by atoms with Gasteiger partial charge in [-0.15, -0.1) is 6.58 Å². The van der Waals surface area contributed by atoms with Gasteiger partial charge in [0.05, 0.1) is 0 Å². The van der Waals surface area contributed by atoms with Crippen LogP contribution in [0, 0.1) is 17.8 Å². The van der Waals surface area contributed by atoms with Crippen molar-refractivity contribution in [2.75, 3.05) is 0 Å². The largest absolute Gasteiger partial charge is 0.103 e. The molecule has 0 heterocycles. The maximum absolute atomic E-state index is 3.76. The van der Waals surface area contributed by atoms with Crippen LogP contribution in [0.3, 0.4) is 0 Å². The van der Waals surface area contributed by atoms with E-state index in [1.807, 2.05) is 6.08 Å². The average Bonchev–Trinajstić information content (AvgIpc) is 2.73. The SMILES string of the molecule is C=CCCCCC1CC2C=CC1C2. The summed E-state index contributed by atoms with van der Waals surface area (Å²) >= 11 is 0. The standard InChI is InChI=1S/C13H20/c1-2-3-4-5-6-12-9-11-7-8-13(12)10-11/h2,7-8,11-13H,1,3-6,9-10H2. The minimum atomic E-state index is 0.953. The number of rotatable bonds is 5. The van der Waals surface area contributed by atoms with Crippen LogP contribution in [0.1, 0.15) is 38.5 Å². The molecule has 3 atom stereocenters. The second-order valence-electron chi connectivity index (χ2n) is 4.61. The molecule has 13 heavy (non-hydrogen) atoms. The van der Waals surface area contributed by atoms with Gasteiger partial charge in [0.1, 0.15) is 0 Å². The van der Waals surface area contributed by atoms with Crippen LogP contribution in [0.2, 0.25) is 0 Å². The highest BCUT2D eigenvalue weighted by Gasteiger charge is 2.34. The zero-order valence-corrected chi connectivity index (χ0v) is 8.41. The lowest BCUT2D eigenvalue weighted by Gasteiger charge is -2.17. The van der Waals surface area contributed by atoms with Crippen LogP contribution in [0.15, 0.2) is 24.8 Å². The molecule has 0 radical (unpaired) electrons. The molecule has 0 aromatic rings. The molecule has 0 heteroatoms. The van der Waals surface area contributed by atoms with Crippen molar-refractivity contribution in [3.63, 3.8) is 0 Å². The number of allylic oxidation sites excluding steroid dienone is 3. The Morgan fingerprint density at radius 3 is 2.77 bits per heavy atom. The summed E-state index contributed by atoms with van der Waals surface area (Å²) in [6, 6.07) is 0. The minimum Gasteiger partial charge on any atom is -0.103 e. The molecule has 1 saturated carbocycles. The zero-order chi connectivity index (χ0) is 9.10. The van der Waals surface area contributed by atoms with E-state index in [1.165, 1.54) is 38.5 Å². The van der Waals surface area contributed by atoms with Crippen molar-refractivity contribution >= 4 is 0 Å². The van der Waals surface area contributed by atoms with Crippen molar-refractivity contribution in [2.24, 2.45) is 17.8 Å². The highest BCUT2D eigenvalue weighted by atomic mass is 14.4. The summed E-state index contributed by atoms with van der Waals surface area (Å²) in [6.07, 6.45) is 15.3. The number of hydrogen-bond donors (Lipinski definition) is 0. The van der Waals surface area contributed by atoms with E-state index in [0.29, 0.717) is 0 Å². The van der Waals surface area contributed by atoms with Crippen LogP contribution in [0.4, 0.5) is 0 Å². The van der Waals surface area contributed by atoms with Gasteiger partial charge in [-0.05, 0) is 49.9 Å². The summed E-state index contributed by atoms with van der Waals surface area (Å²) < 4.78 is 0. The molecule has 3 unspecified atom stereocenters. The third-order valence-electron chi connectivity index (χ3n) is 3.65. The summed E-state index contributed by atoms with van der Waals surface area (Å²) in [7, 11) is 0. The van der Waals surface area contributed by atoms with Crippen LogP contribution in [0.5, 0.6) is 0 Å². The van der Waals surface area contributed by atoms with Crippen molar-refractivity contribution in [1.29, 1.82) is 0 Å². The lowest BCUT2D eigenvalue weighted by molar-refractivity contribution is 0.399. The molecule has 0 aliphatic heterocycles. The van der Waals surface area contributed by atoms with Crippen molar-refractivity contribution in [3.05, 3.63) is 24.8 Å². The van der Waals surface area contributed by atoms with Gasteiger partial charge in [0, 0.05) is 0 Å². The molecule has 72 valence electrons. The molecule has 2 aliphatic rings. The lowest BCUT2D eigenvalue weighted by atomic mass is 9.89. The molecule has 0 saturated heterocycles. The molecular weight excluding hydrogens is 156 g/mol. The fourth-order valence-corrected chi connectivity index (χ4v) is 2.92. The first-order valence-corrected chi connectivity index (χ1v) is 5.69. The van der Waals surface area contributed by atoms with Crippen LogP contribution >= 0.6 is 0 Å². The molecule has 0 aromatic carbocycles. The van der Waals surface area contributed by atoms with E-state index in [2.05, 4.69) is 18.7 Å². The summed E-state index contributed by atoms with van der Waals surface area (Å²) in [5.41, 5.74) is 0. The average molecular weight is 176 g/mol. The highest BCUT2D eigenvalue weighted by molar-refractivity contribution is 5.09. The minimum absolute atomic E-state index is 0.953. The fraction of sp³-hybridized carbons (Fsp3) is 0.692. The smallest absolute Gasteiger partial charge is 0.0199 e. The predicted octanol–water partition coefficient (Wildman–Crippen LogP) is 3.95. The Morgan fingerprint density at radius 1 is 1.23 bits per heavy atom. The molecule has 0 amide bonds. The normalized spacial score (nSPS) is 35.5. The number of hydrogen-bond acceptors (Lipinski definition) is 0. The Balaban J connectivity index is 1.66. The van der Waals surface area contributed by atoms with E-state index in [9.17, 15) is 0 Å².